The zero-order valence-corrected chi connectivity index (χ0v) is 13.0. The number of nitrogens with zero attached hydrogens (tertiary/aromatic N) is 2. The minimum absolute atomic E-state index is 0.392. The highest BCUT2D eigenvalue weighted by atomic mass is 15.3. The van der Waals surface area contributed by atoms with E-state index in [0.29, 0.717) is 6.04 Å². The lowest BCUT2D eigenvalue weighted by Gasteiger charge is -2.13. The first kappa shape index (κ1) is 14.8. The molecule has 3 heteroatoms. The summed E-state index contributed by atoms with van der Waals surface area (Å²) in [5.41, 5.74) is 4.90. The number of hydrogen-bond donors (Lipinski definition) is 1. The van der Waals surface area contributed by atoms with Crippen molar-refractivity contribution in [2.24, 2.45) is 0 Å². The molecule has 1 aromatic heterocycles. The van der Waals surface area contributed by atoms with Crippen LogP contribution in [0.4, 0.5) is 0 Å². The van der Waals surface area contributed by atoms with Gasteiger partial charge >= 0.3 is 0 Å². The van der Waals surface area contributed by atoms with Gasteiger partial charge in [0.25, 0.3) is 0 Å². The molecule has 0 fully saturated rings. The molecular weight excluding hydrogens is 246 g/mol. The molecular formula is C17H25N3. The Kier molecular flexibility index (Phi) is 4.96. The van der Waals surface area contributed by atoms with E-state index >= 15 is 0 Å². The Morgan fingerprint density at radius 3 is 2.35 bits per heavy atom. The molecule has 2 aromatic rings. The zero-order valence-electron chi connectivity index (χ0n) is 13.0. The molecule has 108 valence electrons. The van der Waals surface area contributed by atoms with Gasteiger partial charge in [0.2, 0.25) is 0 Å². The summed E-state index contributed by atoms with van der Waals surface area (Å²) in [6, 6.07) is 11.3. The molecule has 0 bridgehead atoms. The Bertz CT molecular complexity index is 540. The van der Waals surface area contributed by atoms with E-state index in [1.54, 1.807) is 0 Å². The van der Waals surface area contributed by atoms with Gasteiger partial charge in [0.15, 0.2) is 0 Å². The van der Waals surface area contributed by atoms with Crippen molar-refractivity contribution in [3.05, 3.63) is 47.3 Å². The van der Waals surface area contributed by atoms with E-state index in [4.69, 9.17) is 0 Å². The van der Waals surface area contributed by atoms with Gasteiger partial charge in [-0.25, -0.2) is 4.68 Å². The number of hydrogen-bond acceptors (Lipinski definition) is 2. The third-order valence-corrected chi connectivity index (χ3v) is 3.71. The molecule has 0 aliphatic heterocycles. The van der Waals surface area contributed by atoms with Gasteiger partial charge in [-0.2, -0.15) is 5.10 Å². The maximum Gasteiger partial charge on any atom is 0.0649 e. The third-order valence-electron chi connectivity index (χ3n) is 3.71. The van der Waals surface area contributed by atoms with Crippen LogP contribution >= 0.6 is 0 Å². The molecule has 1 unspecified atom stereocenters. The first-order chi connectivity index (χ1) is 9.69. The summed E-state index contributed by atoms with van der Waals surface area (Å²) in [4.78, 5) is 0. The van der Waals surface area contributed by atoms with Crippen LogP contribution in [0, 0.1) is 0 Å². The van der Waals surface area contributed by atoms with Crippen LogP contribution in [0.3, 0.4) is 0 Å². The van der Waals surface area contributed by atoms with E-state index in [0.717, 1.165) is 30.8 Å². The fraction of sp³-hybridized carbons (Fsp3) is 0.471. The number of aromatic nitrogens is 2. The zero-order chi connectivity index (χ0) is 14.5. The second-order valence-electron chi connectivity index (χ2n) is 5.12. The standard InChI is InChI=1S/C17H25N3/c1-5-15-12-16(6-2)20(19-15)17-10-8-14(9-11-17)13(4)18-7-3/h8-13,18H,5-7H2,1-4H3. The predicted molar refractivity (Wildman–Crippen MR) is 84.4 cm³/mol. The molecule has 0 spiro atoms. The van der Waals surface area contributed by atoms with Crippen LogP contribution < -0.4 is 5.32 Å². The van der Waals surface area contributed by atoms with Crippen molar-refractivity contribution in [3.8, 4) is 5.69 Å². The smallest absolute Gasteiger partial charge is 0.0649 e. The minimum atomic E-state index is 0.392. The SMILES string of the molecule is CCNC(C)c1ccc(-n2nc(CC)cc2CC)cc1. The molecule has 0 saturated carbocycles. The summed E-state index contributed by atoms with van der Waals surface area (Å²) in [5.74, 6) is 0. The summed E-state index contributed by atoms with van der Waals surface area (Å²) in [7, 11) is 0. The third kappa shape index (κ3) is 3.10. The van der Waals surface area contributed by atoms with Crippen LogP contribution in [-0.4, -0.2) is 16.3 Å². The van der Waals surface area contributed by atoms with Gasteiger partial charge in [-0.05, 0) is 50.1 Å². The van der Waals surface area contributed by atoms with Crippen LogP contribution in [-0.2, 0) is 12.8 Å². The quantitative estimate of drug-likeness (QED) is 0.869. The lowest BCUT2D eigenvalue weighted by molar-refractivity contribution is 0.598. The van der Waals surface area contributed by atoms with Crippen LogP contribution in [0.15, 0.2) is 30.3 Å². The topological polar surface area (TPSA) is 29.9 Å². The van der Waals surface area contributed by atoms with Crippen molar-refractivity contribution in [3.63, 3.8) is 0 Å². The average Bonchev–Trinajstić information content (AvgIpc) is 2.91. The van der Waals surface area contributed by atoms with E-state index in [1.165, 1.54) is 11.3 Å². The van der Waals surface area contributed by atoms with Crippen molar-refractivity contribution in [2.75, 3.05) is 6.54 Å². The summed E-state index contributed by atoms with van der Waals surface area (Å²) >= 11 is 0. The van der Waals surface area contributed by atoms with Crippen LogP contribution in [0.25, 0.3) is 5.69 Å². The number of aryl methyl sites for hydroxylation is 2. The highest BCUT2D eigenvalue weighted by molar-refractivity contribution is 5.37. The Morgan fingerprint density at radius 2 is 1.80 bits per heavy atom. The van der Waals surface area contributed by atoms with Gasteiger partial charge in [0.1, 0.15) is 0 Å². The Morgan fingerprint density at radius 1 is 1.10 bits per heavy atom. The summed E-state index contributed by atoms with van der Waals surface area (Å²) in [6.07, 6.45) is 1.98. The van der Waals surface area contributed by atoms with Gasteiger partial charge in [-0.15, -0.1) is 0 Å². The molecule has 1 heterocycles. The fourth-order valence-corrected chi connectivity index (χ4v) is 2.45. The molecule has 0 aliphatic rings. The Hall–Kier alpha value is -1.61. The lowest BCUT2D eigenvalue weighted by atomic mass is 10.1. The highest BCUT2D eigenvalue weighted by Gasteiger charge is 2.08. The van der Waals surface area contributed by atoms with Crippen molar-refractivity contribution in [1.29, 1.82) is 0 Å². The molecule has 0 aliphatic carbocycles. The monoisotopic (exact) mass is 271 g/mol. The van der Waals surface area contributed by atoms with Gasteiger partial charge in [0, 0.05) is 11.7 Å². The summed E-state index contributed by atoms with van der Waals surface area (Å²) in [6.45, 7) is 9.64. The summed E-state index contributed by atoms with van der Waals surface area (Å²) in [5, 5.41) is 8.12. The van der Waals surface area contributed by atoms with Gasteiger partial charge in [-0.3, -0.25) is 0 Å². The molecule has 1 atom stereocenters. The molecule has 3 nitrogen and oxygen atoms in total. The van der Waals surface area contributed by atoms with E-state index in [-0.39, 0.29) is 0 Å². The predicted octanol–water partition coefficient (Wildman–Crippen LogP) is 3.67. The van der Waals surface area contributed by atoms with Crippen molar-refractivity contribution >= 4 is 0 Å². The molecule has 0 saturated heterocycles. The molecule has 0 radical (unpaired) electrons. The lowest BCUT2D eigenvalue weighted by Crippen LogP contribution is -2.17. The number of benzene rings is 1. The van der Waals surface area contributed by atoms with Crippen molar-refractivity contribution in [2.45, 2.75) is 46.6 Å². The van der Waals surface area contributed by atoms with Gasteiger partial charge in [0.05, 0.1) is 11.4 Å². The summed E-state index contributed by atoms with van der Waals surface area (Å²) < 4.78 is 2.07. The molecule has 0 amide bonds. The average molecular weight is 271 g/mol. The number of rotatable bonds is 6. The van der Waals surface area contributed by atoms with Crippen LogP contribution in [0.5, 0.6) is 0 Å². The van der Waals surface area contributed by atoms with E-state index in [2.05, 4.69) is 73.1 Å². The second-order valence-corrected chi connectivity index (χ2v) is 5.12. The molecule has 1 N–H and O–H groups in total. The van der Waals surface area contributed by atoms with Crippen molar-refractivity contribution < 1.29 is 0 Å². The largest absolute Gasteiger partial charge is 0.310 e. The van der Waals surface area contributed by atoms with E-state index < -0.39 is 0 Å². The van der Waals surface area contributed by atoms with E-state index in [9.17, 15) is 0 Å². The normalized spacial score (nSPS) is 12.6. The molecule has 20 heavy (non-hydrogen) atoms. The Balaban J connectivity index is 2.27. The van der Waals surface area contributed by atoms with Crippen molar-refractivity contribution in [1.82, 2.24) is 15.1 Å². The minimum Gasteiger partial charge on any atom is -0.310 e. The first-order valence-electron chi connectivity index (χ1n) is 7.61. The number of nitrogens with one attached hydrogen (secondary N) is 1. The first-order valence-corrected chi connectivity index (χ1v) is 7.61. The maximum absolute atomic E-state index is 4.68. The van der Waals surface area contributed by atoms with Gasteiger partial charge in [-0.1, -0.05) is 32.9 Å². The van der Waals surface area contributed by atoms with Crippen LogP contribution in [0.1, 0.15) is 50.7 Å². The maximum atomic E-state index is 4.68. The highest BCUT2D eigenvalue weighted by Crippen LogP contribution is 2.18. The van der Waals surface area contributed by atoms with Gasteiger partial charge < -0.3 is 5.32 Å². The Labute approximate surface area is 122 Å². The van der Waals surface area contributed by atoms with E-state index in [1.807, 2.05) is 0 Å². The fourth-order valence-electron chi connectivity index (χ4n) is 2.45. The second kappa shape index (κ2) is 6.71. The molecule has 1 aromatic carbocycles. The van der Waals surface area contributed by atoms with Crippen LogP contribution in [0.2, 0.25) is 0 Å². The molecule has 2 rings (SSSR count).